The van der Waals surface area contributed by atoms with Gasteiger partial charge in [0.25, 0.3) is 5.91 Å². The average Bonchev–Trinajstić information content (AvgIpc) is 3.43. The molecular weight excluding hydrogens is 561 g/mol. The summed E-state index contributed by atoms with van der Waals surface area (Å²) in [5.41, 5.74) is 4.85. The van der Waals surface area contributed by atoms with Gasteiger partial charge in [0.2, 0.25) is 5.91 Å². The second-order valence-corrected chi connectivity index (χ2v) is 10.8. The van der Waals surface area contributed by atoms with E-state index in [0.717, 1.165) is 28.1 Å². The molecule has 1 atom stereocenters. The molecule has 2 amide bonds. The molecule has 2 aliphatic heterocycles. The third kappa shape index (κ3) is 6.46. The van der Waals surface area contributed by atoms with Crippen LogP contribution >= 0.6 is 34.8 Å². The number of halogens is 3. The van der Waals surface area contributed by atoms with Crippen LogP contribution in [0.4, 0.5) is 11.4 Å². The van der Waals surface area contributed by atoms with Crippen molar-refractivity contribution >= 4 is 63.7 Å². The van der Waals surface area contributed by atoms with E-state index in [9.17, 15) is 9.59 Å². The largest absolute Gasteiger partial charge is 0.387 e. The van der Waals surface area contributed by atoms with Crippen molar-refractivity contribution in [1.82, 2.24) is 9.88 Å². The fraction of sp³-hybridized carbons (Fsp3) is 0.286. The number of carbonyl (C=O) groups is 2. The summed E-state index contributed by atoms with van der Waals surface area (Å²) in [5, 5.41) is 7.66. The Labute approximate surface area is 241 Å². The SMILES string of the molecule is O=C(Nc1cccc(C2CC(c3c(Cl)cccc3N3CCN(C(=O)Cc4cccnc4)CC3)=NO2)c1)C(Cl)Cl. The Hall–Kier alpha value is -3.33. The van der Waals surface area contributed by atoms with Gasteiger partial charge in [0.1, 0.15) is 0 Å². The van der Waals surface area contributed by atoms with E-state index in [4.69, 9.17) is 39.6 Å². The number of anilines is 2. The summed E-state index contributed by atoms with van der Waals surface area (Å²) < 4.78 is 0. The van der Waals surface area contributed by atoms with Crippen LogP contribution in [-0.2, 0) is 20.8 Å². The van der Waals surface area contributed by atoms with Crippen LogP contribution in [0.2, 0.25) is 5.02 Å². The molecule has 2 aliphatic rings. The van der Waals surface area contributed by atoms with Crippen LogP contribution in [0.1, 0.15) is 29.2 Å². The summed E-state index contributed by atoms with van der Waals surface area (Å²) in [6, 6.07) is 16.8. The molecule has 39 heavy (non-hydrogen) atoms. The summed E-state index contributed by atoms with van der Waals surface area (Å²) in [7, 11) is 0. The van der Waals surface area contributed by atoms with E-state index in [-0.39, 0.29) is 12.0 Å². The van der Waals surface area contributed by atoms with Crippen molar-refractivity contribution in [3.63, 3.8) is 0 Å². The van der Waals surface area contributed by atoms with Gasteiger partial charge in [-0.1, -0.05) is 64.2 Å². The van der Waals surface area contributed by atoms with Crippen LogP contribution in [0.3, 0.4) is 0 Å². The molecule has 5 rings (SSSR count). The zero-order valence-electron chi connectivity index (χ0n) is 20.9. The number of benzene rings is 2. The first kappa shape index (κ1) is 27.2. The number of nitrogens with one attached hydrogen (secondary N) is 1. The van der Waals surface area contributed by atoms with Crippen molar-refractivity contribution < 1.29 is 14.4 Å². The number of amides is 2. The normalized spacial score (nSPS) is 17.1. The highest BCUT2D eigenvalue weighted by Crippen LogP contribution is 2.37. The highest BCUT2D eigenvalue weighted by atomic mass is 35.5. The number of oxime groups is 1. The fourth-order valence-corrected chi connectivity index (χ4v) is 5.15. The van der Waals surface area contributed by atoms with Crippen LogP contribution < -0.4 is 10.2 Å². The van der Waals surface area contributed by atoms with E-state index in [1.54, 1.807) is 18.5 Å². The molecule has 2 aromatic carbocycles. The monoisotopic (exact) mass is 585 g/mol. The van der Waals surface area contributed by atoms with E-state index in [1.165, 1.54) is 0 Å². The number of piperazine rings is 1. The second kappa shape index (κ2) is 12.2. The topological polar surface area (TPSA) is 87.1 Å². The van der Waals surface area contributed by atoms with Gasteiger partial charge in [-0.25, -0.2) is 0 Å². The number of pyridine rings is 1. The summed E-state index contributed by atoms with van der Waals surface area (Å²) in [6.07, 6.45) is 3.93. The molecule has 1 N–H and O–H groups in total. The molecule has 0 radical (unpaired) electrons. The molecule has 11 heteroatoms. The van der Waals surface area contributed by atoms with Gasteiger partial charge in [-0.3, -0.25) is 14.6 Å². The number of aromatic nitrogens is 1. The first-order valence-corrected chi connectivity index (χ1v) is 13.8. The molecule has 1 saturated heterocycles. The van der Waals surface area contributed by atoms with E-state index < -0.39 is 10.7 Å². The molecule has 3 aromatic rings. The van der Waals surface area contributed by atoms with Gasteiger partial charge in [0.05, 0.1) is 17.2 Å². The maximum Gasteiger partial charge on any atom is 0.257 e. The van der Waals surface area contributed by atoms with Crippen LogP contribution in [0.15, 0.2) is 72.1 Å². The smallest absolute Gasteiger partial charge is 0.257 e. The Morgan fingerprint density at radius 3 is 2.59 bits per heavy atom. The number of hydrogen-bond acceptors (Lipinski definition) is 6. The van der Waals surface area contributed by atoms with Crippen molar-refractivity contribution in [2.24, 2.45) is 5.16 Å². The van der Waals surface area contributed by atoms with Crippen molar-refractivity contribution in [2.75, 3.05) is 36.4 Å². The number of hydrogen-bond donors (Lipinski definition) is 1. The average molecular weight is 587 g/mol. The number of rotatable bonds is 7. The number of alkyl halides is 2. The Morgan fingerprint density at radius 2 is 1.85 bits per heavy atom. The summed E-state index contributed by atoms with van der Waals surface area (Å²) in [4.78, 5) is 37.6. The third-order valence-corrected chi connectivity index (χ3v) is 7.44. The minimum Gasteiger partial charge on any atom is -0.387 e. The van der Waals surface area contributed by atoms with Gasteiger partial charge in [-0.15, -0.1) is 0 Å². The Morgan fingerprint density at radius 1 is 1.05 bits per heavy atom. The summed E-state index contributed by atoms with van der Waals surface area (Å²) >= 11 is 18.0. The van der Waals surface area contributed by atoms with Gasteiger partial charge in [0.15, 0.2) is 10.9 Å². The standard InChI is InChI=1S/C28H26Cl3N5O3/c29-21-7-2-8-23(35-10-12-36(13-11-35)25(37)14-18-4-3-9-32-17-18)26(21)22-16-24(39-34-22)19-5-1-6-20(15-19)33-28(38)27(30)31/h1-9,15,17,24,27H,10-14,16H2,(H,33,38). The molecule has 0 bridgehead atoms. The Bertz CT molecular complexity index is 1380. The van der Waals surface area contributed by atoms with Crippen molar-refractivity contribution in [1.29, 1.82) is 0 Å². The van der Waals surface area contributed by atoms with E-state index >= 15 is 0 Å². The minimum absolute atomic E-state index is 0.0939. The van der Waals surface area contributed by atoms with Gasteiger partial charge < -0.3 is 20.0 Å². The number of nitrogens with zero attached hydrogens (tertiary/aromatic N) is 4. The predicted molar refractivity (Wildman–Crippen MR) is 154 cm³/mol. The molecule has 3 heterocycles. The van der Waals surface area contributed by atoms with Gasteiger partial charge in [0, 0.05) is 61.9 Å². The first-order valence-electron chi connectivity index (χ1n) is 12.5. The van der Waals surface area contributed by atoms with Gasteiger partial charge >= 0.3 is 0 Å². The molecule has 0 saturated carbocycles. The maximum atomic E-state index is 12.8. The lowest BCUT2D eigenvalue weighted by Crippen LogP contribution is -2.49. The minimum atomic E-state index is -1.16. The lowest BCUT2D eigenvalue weighted by Gasteiger charge is -2.37. The van der Waals surface area contributed by atoms with Crippen LogP contribution in [0.5, 0.6) is 0 Å². The third-order valence-electron chi connectivity index (χ3n) is 6.72. The van der Waals surface area contributed by atoms with Crippen LogP contribution in [0, 0.1) is 0 Å². The fourth-order valence-electron chi connectivity index (χ4n) is 4.77. The maximum absolute atomic E-state index is 12.8. The van der Waals surface area contributed by atoms with E-state index in [0.29, 0.717) is 49.7 Å². The molecule has 1 fully saturated rings. The lowest BCUT2D eigenvalue weighted by molar-refractivity contribution is -0.130. The van der Waals surface area contributed by atoms with Crippen molar-refractivity contribution in [3.8, 4) is 0 Å². The van der Waals surface area contributed by atoms with Crippen LogP contribution in [-0.4, -0.2) is 58.4 Å². The molecule has 1 unspecified atom stereocenters. The van der Waals surface area contributed by atoms with E-state index in [1.807, 2.05) is 53.4 Å². The molecule has 0 spiro atoms. The highest BCUT2D eigenvalue weighted by Gasteiger charge is 2.30. The van der Waals surface area contributed by atoms with Crippen molar-refractivity contribution in [3.05, 3.63) is 88.7 Å². The first-order chi connectivity index (χ1) is 18.9. The molecule has 1 aromatic heterocycles. The molecule has 0 aliphatic carbocycles. The Kier molecular flexibility index (Phi) is 8.55. The number of carbonyl (C=O) groups excluding carboxylic acids is 2. The molecular formula is C28H26Cl3N5O3. The zero-order chi connectivity index (χ0) is 27.4. The Balaban J connectivity index is 1.26. The van der Waals surface area contributed by atoms with Crippen molar-refractivity contribution in [2.45, 2.75) is 23.8 Å². The molecule has 8 nitrogen and oxygen atoms in total. The van der Waals surface area contributed by atoms with E-state index in [2.05, 4.69) is 20.4 Å². The lowest BCUT2D eigenvalue weighted by atomic mass is 9.98. The van der Waals surface area contributed by atoms with Crippen LogP contribution in [0.25, 0.3) is 0 Å². The van der Waals surface area contributed by atoms with Gasteiger partial charge in [-0.2, -0.15) is 0 Å². The molecule has 202 valence electrons. The summed E-state index contributed by atoms with van der Waals surface area (Å²) in [6.45, 7) is 2.57. The highest BCUT2D eigenvalue weighted by molar-refractivity contribution is 6.54. The quantitative estimate of drug-likeness (QED) is 0.383. The zero-order valence-corrected chi connectivity index (χ0v) is 23.2. The van der Waals surface area contributed by atoms with Gasteiger partial charge in [-0.05, 0) is 41.5 Å². The second-order valence-electron chi connectivity index (χ2n) is 9.29. The summed E-state index contributed by atoms with van der Waals surface area (Å²) in [5.74, 6) is -0.407. The predicted octanol–water partition coefficient (Wildman–Crippen LogP) is 5.23.